The number of nitrogens with zero attached hydrogens (tertiary/aromatic N) is 1. The molecule has 20 heavy (non-hydrogen) atoms. The van der Waals surface area contributed by atoms with Crippen molar-refractivity contribution >= 4 is 21.8 Å². The Hall–Kier alpha value is -0.910. The molecule has 4 nitrogen and oxygen atoms in total. The largest absolute Gasteiger partial charge is 0.373 e. The van der Waals surface area contributed by atoms with Gasteiger partial charge in [0.05, 0.1) is 18.3 Å². The molecule has 5 heteroatoms. The zero-order valence-electron chi connectivity index (χ0n) is 11.3. The zero-order valence-corrected chi connectivity index (χ0v) is 12.9. The lowest BCUT2D eigenvalue weighted by Crippen LogP contribution is -2.50. The fourth-order valence-electron chi connectivity index (χ4n) is 2.96. The Kier molecular flexibility index (Phi) is 4.38. The summed E-state index contributed by atoms with van der Waals surface area (Å²) in [7, 11) is 0. The van der Waals surface area contributed by atoms with Gasteiger partial charge in [-0.25, -0.2) is 0 Å². The molecule has 3 rings (SSSR count). The van der Waals surface area contributed by atoms with Crippen LogP contribution in [0.2, 0.25) is 0 Å². The van der Waals surface area contributed by atoms with Gasteiger partial charge in [-0.1, -0.05) is 12.1 Å². The molecule has 2 aliphatic heterocycles. The van der Waals surface area contributed by atoms with Crippen LogP contribution in [0.3, 0.4) is 0 Å². The lowest BCUT2D eigenvalue weighted by Gasteiger charge is -2.35. The van der Waals surface area contributed by atoms with Gasteiger partial charge in [0.2, 0.25) is 0 Å². The predicted octanol–water partition coefficient (Wildman–Crippen LogP) is 2.04. The van der Waals surface area contributed by atoms with Crippen LogP contribution in [0, 0.1) is 0 Å². The molecule has 108 valence electrons. The summed E-state index contributed by atoms with van der Waals surface area (Å²) in [6, 6.07) is 8.06. The topological polar surface area (TPSA) is 41.6 Å². The van der Waals surface area contributed by atoms with Gasteiger partial charge in [-0.05, 0) is 47.4 Å². The van der Waals surface area contributed by atoms with Crippen LogP contribution in [0.4, 0.5) is 0 Å². The molecule has 0 aromatic heterocycles. The third-order valence-corrected chi connectivity index (χ3v) is 4.76. The van der Waals surface area contributed by atoms with Gasteiger partial charge in [-0.15, -0.1) is 0 Å². The Morgan fingerprint density at radius 1 is 1.45 bits per heavy atom. The molecule has 0 saturated carbocycles. The molecule has 1 N–H and O–H groups in total. The SMILES string of the molecule is O=C(NCC1CN2CCCC2CO1)c1ccccc1Br. The number of carbonyl (C=O) groups excluding carboxylic acids is 1. The van der Waals surface area contributed by atoms with Crippen molar-refractivity contribution in [3.63, 3.8) is 0 Å². The highest BCUT2D eigenvalue weighted by Crippen LogP contribution is 2.22. The van der Waals surface area contributed by atoms with Crippen LogP contribution >= 0.6 is 15.9 Å². The minimum absolute atomic E-state index is 0.0513. The third kappa shape index (κ3) is 3.05. The maximum absolute atomic E-state index is 12.1. The lowest BCUT2D eigenvalue weighted by atomic mass is 10.1. The molecule has 0 bridgehead atoms. The molecule has 2 heterocycles. The molecule has 2 saturated heterocycles. The second-order valence-corrected chi connectivity index (χ2v) is 6.29. The Bertz CT molecular complexity index is 495. The van der Waals surface area contributed by atoms with E-state index in [9.17, 15) is 4.79 Å². The summed E-state index contributed by atoms with van der Waals surface area (Å²) in [6.07, 6.45) is 2.62. The van der Waals surface area contributed by atoms with Crippen LogP contribution in [-0.4, -0.2) is 49.2 Å². The minimum Gasteiger partial charge on any atom is -0.373 e. The number of benzene rings is 1. The van der Waals surface area contributed by atoms with Gasteiger partial charge in [0.1, 0.15) is 0 Å². The van der Waals surface area contributed by atoms with Gasteiger partial charge < -0.3 is 10.1 Å². The number of amides is 1. The number of halogens is 1. The molecule has 1 aromatic carbocycles. The van der Waals surface area contributed by atoms with Crippen molar-refractivity contribution < 1.29 is 9.53 Å². The zero-order chi connectivity index (χ0) is 13.9. The van der Waals surface area contributed by atoms with E-state index in [1.54, 1.807) is 0 Å². The second-order valence-electron chi connectivity index (χ2n) is 5.44. The van der Waals surface area contributed by atoms with Crippen LogP contribution in [0.5, 0.6) is 0 Å². The number of fused-ring (bicyclic) bond motifs is 1. The van der Waals surface area contributed by atoms with Gasteiger partial charge in [-0.2, -0.15) is 0 Å². The summed E-state index contributed by atoms with van der Waals surface area (Å²) in [5, 5.41) is 2.97. The average molecular weight is 339 g/mol. The van der Waals surface area contributed by atoms with E-state index in [2.05, 4.69) is 26.1 Å². The molecule has 0 aliphatic carbocycles. The van der Waals surface area contributed by atoms with Gasteiger partial charge in [0.15, 0.2) is 0 Å². The van der Waals surface area contributed by atoms with E-state index >= 15 is 0 Å². The number of ether oxygens (including phenoxy) is 1. The molecule has 2 aliphatic rings. The number of nitrogens with one attached hydrogen (secondary N) is 1. The number of hydrogen-bond acceptors (Lipinski definition) is 3. The molecular weight excluding hydrogens is 320 g/mol. The Morgan fingerprint density at radius 3 is 3.15 bits per heavy atom. The number of carbonyl (C=O) groups is 1. The van der Waals surface area contributed by atoms with Crippen molar-refractivity contribution in [2.45, 2.75) is 25.0 Å². The third-order valence-electron chi connectivity index (χ3n) is 4.07. The van der Waals surface area contributed by atoms with Gasteiger partial charge in [0.25, 0.3) is 5.91 Å². The molecule has 0 spiro atoms. The Balaban J connectivity index is 1.52. The molecule has 0 radical (unpaired) electrons. The summed E-state index contributed by atoms with van der Waals surface area (Å²) >= 11 is 3.40. The van der Waals surface area contributed by atoms with Crippen molar-refractivity contribution in [1.82, 2.24) is 10.2 Å². The first-order valence-corrected chi connectivity index (χ1v) is 7.92. The van der Waals surface area contributed by atoms with Gasteiger partial charge in [0, 0.05) is 23.6 Å². The van der Waals surface area contributed by atoms with Gasteiger partial charge in [-0.3, -0.25) is 9.69 Å². The summed E-state index contributed by atoms with van der Waals surface area (Å²) in [5.74, 6) is -0.0513. The van der Waals surface area contributed by atoms with Gasteiger partial charge >= 0.3 is 0 Å². The van der Waals surface area contributed by atoms with E-state index < -0.39 is 0 Å². The summed E-state index contributed by atoms with van der Waals surface area (Å²) in [6.45, 7) is 3.47. The smallest absolute Gasteiger partial charge is 0.252 e. The molecule has 1 aromatic rings. The van der Waals surface area contributed by atoms with Crippen LogP contribution in [-0.2, 0) is 4.74 Å². The summed E-state index contributed by atoms with van der Waals surface area (Å²) in [5.41, 5.74) is 0.669. The monoisotopic (exact) mass is 338 g/mol. The van der Waals surface area contributed by atoms with E-state index in [0.717, 1.165) is 17.6 Å². The molecule has 2 fully saturated rings. The molecule has 2 unspecified atom stereocenters. The summed E-state index contributed by atoms with van der Waals surface area (Å²) < 4.78 is 6.66. The van der Waals surface area contributed by atoms with Crippen molar-refractivity contribution in [2.75, 3.05) is 26.2 Å². The highest BCUT2D eigenvalue weighted by Gasteiger charge is 2.32. The predicted molar refractivity (Wildman–Crippen MR) is 80.8 cm³/mol. The van der Waals surface area contributed by atoms with Crippen LogP contribution in [0.15, 0.2) is 28.7 Å². The Labute approximate surface area is 127 Å². The van der Waals surface area contributed by atoms with Crippen LogP contribution in [0.1, 0.15) is 23.2 Å². The van der Waals surface area contributed by atoms with E-state index in [1.807, 2.05) is 24.3 Å². The van der Waals surface area contributed by atoms with Crippen molar-refractivity contribution in [2.24, 2.45) is 0 Å². The van der Waals surface area contributed by atoms with E-state index in [0.29, 0.717) is 18.2 Å². The maximum Gasteiger partial charge on any atom is 0.252 e. The highest BCUT2D eigenvalue weighted by molar-refractivity contribution is 9.10. The summed E-state index contributed by atoms with van der Waals surface area (Å²) in [4.78, 5) is 14.6. The van der Waals surface area contributed by atoms with E-state index in [1.165, 1.54) is 19.4 Å². The van der Waals surface area contributed by atoms with Crippen LogP contribution in [0.25, 0.3) is 0 Å². The van der Waals surface area contributed by atoms with Crippen molar-refractivity contribution in [3.05, 3.63) is 34.3 Å². The fourth-order valence-corrected chi connectivity index (χ4v) is 3.42. The average Bonchev–Trinajstić information content (AvgIpc) is 2.92. The Morgan fingerprint density at radius 2 is 2.30 bits per heavy atom. The molecule has 1 amide bonds. The first-order valence-electron chi connectivity index (χ1n) is 7.12. The lowest BCUT2D eigenvalue weighted by molar-refractivity contribution is -0.0461. The molecule has 2 atom stereocenters. The number of rotatable bonds is 3. The second kappa shape index (κ2) is 6.24. The van der Waals surface area contributed by atoms with Crippen molar-refractivity contribution in [3.8, 4) is 0 Å². The fraction of sp³-hybridized carbons (Fsp3) is 0.533. The quantitative estimate of drug-likeness (QED) is 0.916. The van der Waals surface area contributed by atoms with Crippen molar-refractivity contribution in [1.29, 1.82) is 0 Å². The minimum atomic E-state index is -0.0513. The number of morpholine rings is 1. The maximum atomic E-state index is 12.1. The highest BCUT2D eigenvalue weighted by atomic mass is 79.9. The first-order chi connectivity index (χ1) is 9.74. The normalized spacial score (nSPS) is 26.2. The van der Waals surface area contributed by atoms with Crippen LogP contribution < -0.4 is 5.32 Å². The number of hydrogen-bond donors (Lipinski definition) is 1. The van der Waals surface area contributed by atoms with E-state index in [4.69, 9.17) is 4.74 Å². The van der Waals surface area contributed by atoms with E-state index in [-0.39, 0.29) is 12.0 Å². The molecular formula is C15H19BrN2O2. The first kappa shape index (κ1) is 14.0. The standard InChI is InChI=1S/C15H19BrN2O2/c16-14-6-2-1-5-13(14)15(19)17-8-12-9-18-7-3-4-11(18)10-20-12/h1-2,5-6,11-12H,3-4,7-10H2,(H,17,19).